The van der Waals surface area contributed by atoms with E-state index in [-0.39, 0.29) is 45.0 Å². The molecule has 0 fully saturated rings. The van der Waals surface area contributed by atoms with E-state index in [2.05, 4.69) is 15.1 Å². The van der Waals surface area contributed by atoms with Gasteiger partial charge in [-0.3, -0.25) is 4.79 Å². The highest BCUT2D eigenvalue weighted by atomic mass is 35.5. The number of pyridine rings is 2. The number of benzene rings is 1. The molecule has 11 heteroatoms. The Hall–Kier alpha value is -4.05. The van der Waals surface area contributed by atoms with Crippen molar-refractivity contribution >= 4 is 23.3 Å². The predicted molar refractivity (Wildman–Crippen MR) is 118 cm³/mol. The summed E-state index contributed by atoms with van der Waals surface area (Å²) in [5.41, 5.74) is 11.9. The smallest absolute Gasteiger partial charge is 0.252 e. The minimum atomic E-state index is -0.788. The van der Waals surface area contributed by atoms with Gasteiger partial charge in [0.2, 0.25) is 0 Å². The van der Waals surface area contributed by atoms with Gasteiger partial charge in [-0.25, -0.2) is 23.4 Å². The van der Waals surface area contributed by atoms with Crippen LogP contribution in [0.4, 0.5) is 14.6 Å². The zero-order valence-electron chi connectivity index (χ0n) is 17.2. The maximum atomic E-state index is 14.9. The fraction of sp³-hybridized carbons (Fsp3) is 0.0909. The summed E-state index contributed by atoms with van der Waals surface area (Å²) >= 11 is 6.05. The molecule has 168 valence electrons. The molecule has 8 nitrogen and oxygen atoms in total. The maximum Gasteiger partial charge on any atom is 0.252 e. The van der Waals surface area contributed by atoms with Crippen molar-refractivity contribution < 1.29 is 18.3 Å². The number of carbonyl (C=O) groups excluding carboxylic acids is 1. The molecule has 4 rings (SSSR count). The average Bonchev–Trinajstić information content (AvgIpc) is 3.18. The molecule has 0 aliphatic rings. The lowest BCUT2D eigenvalue weighted by atomic mass is 10.0. The van der Waals surface area contributed by atoms with Crippen LogP contribution in [0.1, 0.15) is 23.0 Å². The molecule has 33 heavy (non-hydrogen) atoms. The number of nitrogens with two attached hydrogens (primary N) is 2. The van der Waals surface area contributed by atoms with Crippen LogP contribution in [0.3, 0.4) is 0 Å². The lowest BCUT2D eigenvalue weighted by Crippen LogP contribution is -2.15. The van der Waals surface area contributed by atoms with Gasteiger partial charge in [-0.2, -0.15) is 5.10 Å². The Labute approximate surface area is 191 Å². The number of ether oxygens (including phenoxy) is 1. The minimum Gasteiger partial charge on any atom is -0.453 e. The molecular formula is C22H17ClF2N6O2. The van der Waals surface area contributed by atoms with Gasteiger partial charge in [0.25, 0.3) is 5.91 Å². The number of carbonyl (C=O) groups is 1. The molecule has 0 bridgehead atoms. The summed E-state index contributed by atoms with van der Waals surface area (Å²) in [6.07, 6.45) is 3.07. The molecule has 1 aromatic carbocycles. The van der Waals surface area contributed by atoms with Crippen molar-refractivity contribution in [1.82, 2.24) is 19.7 Å². The molecule has 0 unspecified atom stereocenters. The van der Waals surface area contributed by atoms with Crippen molar-refractivity contribution in [2.75, 3.05) is 5.73 Å². The van der Waals surface area contributed by atoms with Crippen LogP contribution >= 0.6 is 11.6 Å². The molecule has 4 aromatic rings. The predicted octanol–water partition coefficient (Wildman–Crippen LogP) is 4.30. The van der Waals surface area contributed by atoms with Gasteiger partial charge in [-0.1, -0.05) is 18.5 Å². The van der Waals surface area contributed by atoms with Gasteiger partial charge in [-0.05, 0) is 36.8 Å². The Balaban J connectivity index is 1.81. The van der Waals surface area contributed by atoms with Gasteiger partial charge in [0.1, 0.15) is 16.5 Å². The Bertz CT molecular complexity index is 1380. The zero-order valence-corrected chi connectivity index (χ0v) is 18.0. The van der Waals surface area contributed by atoms with Crippen molar-refractivity contribution in [2.45, 2.75) is 13.3 Å². The first-order chi connectivity index (χ1) is 15.8. The van der Waals surface area contributed by atoms with Gasteiger partial charge in [0.05, 0.1) is 11.3 Å². The standard InChI is InChI=1S/C22H17ClF2N6O2/c1-2-14-17(21(27)32)19(30-31(14)22-12(24)4-3-8-29-22)11-5-6-15(13(25)10-11)33-16-7-9-28-20(26)18(16)23/h3-10H,2H2,1H3,(H2,26,28)(H2,27,32). The van der Waals surface area contributed by atoms with Gasteiger partial charge < -0.3 is 16.2 Å². The largest absolute Gasteiger partial charge is 0.453 e. The number of hydrogen-bond donors (Lipinski definition) is 2. The Morgan fingerprint density at radius 3 is 2.58 bits per heavy atom. The summed E-state index contributed by atoms with van der Waals surface area (Å²) in [7, 11) is 0. The molecule has 4 N–H and O–H groups in total. The number of amides is 1. The van der Waals surface area contributed by atoms with Crippen molar-refractivity contribution in [1.29, 1.82) is 0 Å². The first kappa shape index (κ1) is 22.2. The van der Waals surface area contributed by atoms with E-state index in [1.165, 1.54) is 47.4 Å². The second-order valence-corrected chi connectivity index (χ2v) is 7.24. The Morgan fingerprint density at radius 2 is 1.91 bits per heavy atom. The zero-order chi connectivity index (χ0) is 23.7. The summed E-state index contributed by atoms with van der Waals surface area (Å²) in [4.78, 5) is 20.1. The fourth-order valence-corrected chi connectivity index (χ4v) is 3.47. The van der Waals surface area contributed by atoms with E-state index in [1.807, 2.05) is 0 Å². The van der Waals surface area contributed by atoms with Gasteiger partial charge in [0.15, 0.2) is 29.0 Å². The highest BCUT2D eigenvalue weighted by Crippen LogP contribution is 2.35. The quantitative estimate of drug-likeness (QED) is 0.433. The van der Waals surface area contributed by atoms with E-state index in [9.17, 15) is 13.6 Å². The minimum absolute atomic E-state index is 0.0386. The number of halogens is 3. The summed E-state index contributed by atoms with van der Waals surface area (Å²) in [6, 6.07) is 8.05. The molecule has 0 atom stereocenters. The molecule has 0 aliphatic carbocycles. The van der Waals surface area contributed by atoms with Crippen LogP contribution in [-0.2, 0) is 6.42 Å². The van der Waals surface area contributed by atoms with Gasteiger partial charge in [0, 0.05) is 24.0 Å². The van der Waals surface area contributed by atoms with Crippen LogP contribution < -0.4 is 16.2 Å². The third kappa shape index (κ3) is 4.08. The summed E-state index contributed by atoms with van der Waals surface area (Å²) in [5.74, 6) is -2.27. The lowest BCUT2D eigenvalue weighted by molar-refractivity contribution is 0.1000. The van der Waals surface area contributed by atoms with Crippen LogP contribution in [0, 0.1) is 11.6 Å². The Morgan fingerprint density at radius 1 is 1.12 bits per heavy atom. The number of anilines is 1. The molecule has 0 saturated carbocycles. The fourth-order valence-electron chi connectivity index (χ4n) is 3.32. The molecule has 1 amide bonds. The second kappa shape index (κ2) is 8.83. The van der Waals surface area contributed by atoms with Crippen LogP contribution in [0.25, 0.3) is 17.1 Å². The average molecular weight is 471 g/mol. The summed E-state index contributed by atoms with van der Waals surface area (Å²) in [6.45, 7) is 1.76. The second-order valence-electron chi connectivity index (χ2n) is 6.86. The monoisotopic (exact) mass is 470 g/mol. The van der Waals surface area contributed by atoms with E-state index in [1.54, 1.807) is 6.92 Å². The molecule has 3 heterocycles. The molecular weight excluding hydrogens is 454 g/mol. The van der Waals surface area contributed by atoms with E-state index < -0.39 is 17.5 Å². The number of nitrogens with zero attached hydrogens (tertiary/aromatic N) is 4. The summed E-state index contributed by atoms with van der Waals surface area (Å²) in [5, 5.41) is 4.39. The lowest BCUT2D eigenvalue weighted by Gasteiger charge is -2.10. The SMILES string of the molecule is CCc1c(C(N)=O)c(-c2ccc(Oc3ccnc(N)c3Cl)c(F)c2)nn1-c1ncccc1F. The van der Waals surface area contributed by atoms with Crippen molar-refractivity contribution in [3.05, 3.63) is 76.7 Å². The van der Waals surface area contributed by atoms with Crippen LogP contribution in [0.2, 0.25) is 5.02 Å². The Kier molecular flexibility index (Phi) is 5.93. The van der Waals surface area contributed by atoms with Gasteiger partial charge in [-0.15, -0.1) is 0 Å². The molecule has 0 spiro atoms. The van der Waals surface area contributed by atoms with E-state index in [0.717, 1.165) is 6.07 Å². The number of hydrogen-bond acceptors (Lipinski definition) is 6. The normalized spacial score (nSPS) is 10.9. The number of primary amides is 1. The van der Waals surface area contributed by atoms with Crippen LogP contribution in [0.15, 0.2) is 48.8 Å². The highest BCUT2D eigenvalue weighted by Gasteiger charge is 2.25. The van der Waals surface area contributed by atoms with Crippen LogP contribution in [-0.4, -0.2) is 25.7 Å². The first-order valence-corrected chi connectivity index (χ1v) is 10.1. The number of aromatic nitrogens is 4. The third-order valence-electron chi connectivity index (χ3n) is 4.81. The third-order valence-corrected chi connectivity index (χ3v) is 5.19. The number of nitrogen functional groups attached to an aromatic ring is 1. The van der Waals surface area contributed by atoms with E-state index in [4.69, 9.17) is 27.8 Å². The molecule has 0 radical (unpaired) electrons. The first-order valence-electron chi connectivity index (χ1n) is 9.72. The molecule has 3 aromatic heterocycles. The molecule has 0 aliphatic heterocycles. The number of rotatable bonds is 6. The summed E-state index contributed by atoms with van der Waals surface area (Å²) < 4.78 is 36.0. The van der Waals surface area contributed by atoms with Crippen LogP contribution in [0.5, 0.6) is 11.5 Å². The van der Waals surface area contributed by atoms with Crippen molar-refractivity contribution in [3.63, 3.8) is 0 Å². The van der Waals surface area contributed by atoms with Crippen molar-refractivity contribution in [3.8, 4) is 28.6 Å². The topological polar surface area (TPSA) is 122 Å². The van der Waals surface area contributed by atoms with E-state index in [0.29, 0.717) is 12.1 Å². The highest BCUT2D eigenvalue weighted by molar-refractivity contribution is 6.34. The maximum absolute atomic E-state index is 14.9. The molecule has 0 saturated heterocycles. The van der Waals surface area contributed by atoms with Gasteiger partial charge >= 0.3 is 0 Å². The van der Waals surface area contributed by atoms with E-state index >= 15 is 0 Å². The van der Waals surface area contributed by atoms with Crippen molar-refractivity contribution in [2.24, 2.45) is 5.73 Å².